The van der Waals surface area contributed by atoms with Gasteiger partial charge in [-0.3, -0.25) is 0 Å². The van der Waals surface area contributed by atoms with Crippen molar-refractivity contribution in [1.82, 2.24) is 0 Å². The van der Waals surface area contributed by atoms with Crippen LogP contribution in [-0.2, 0) is 9.47 Å². The van der Waals surface area contributed by atoms with Crippen LogP contribution in [-0.4, -0.2) is 13.2 Å². The molecular formula is C28H46F2O2. The van der Waals surface area contributed by atoms with Gasteiger partial charge in [0.05, 0.1) is 13.2 Å². The number of rotatable bonds is 10. The molecule has 0 amide bonds. The van der Waals surface area contributed by atoms with E-state index in [-0.39, 0.29) is 5.76 Å². The monoisotopic (exact) mass is 452 g/mol. The molecule has 0 bridgehead atoms. The van der Waals surface area contributed by atoms with Crippen LogP contribution in [0.4, 0.5) is 8.78 Å². The zero-order valence-corrected chi connectivity index (χ0v) is 20.9. The van der Waals surface area contributed by atoms with Gasteiger partial charge in [0.15, 0.2) is 11.6 Å². The summed E-state index contributed by atoms with van der Waals surface area (Å²) in [5.41, 5.74) is 0. The number of allylic oxidation sites excluding steroid dienone is 5. The lowest BCUT2D eigenvalue weighted by molar-refractivity contribution is 0.134. The third-order valence-corrected chi connectivity index (χ3v) is 6.05. The molecule has 0 radical (unpaired) electrons. The van der Waals surface area contributed by atoms with Crippen LogP contribution in [0.25, 0.3) is 0 Å². The topological polar surface area (TPSA) is 18.5 Å². The van der Waals surface area contributed by atoms with Crippen LogP contribution in [0.1, 0.15) is 79.1 Å². The molecule has 0 saturated heterocycles. The minimum absolute atomic E-state index is 0.158. The smallest absolute Gasteiger partial charge is 0.203 e. The Balaban J connectivity index is 0.00000227. The molecule has 0 atom stereocenters. The Morgan fingerprint density at radius 1 is 0.750 bits per heavy atom. The molecule has 0 heterocycles. The van der Waals surface area contributed by atoms with E-state index in [0.29, 0.717) is 36.9 Å². The quantitative estimate of drug-likeness (QED) is 0.187. The van der Waals surface area contributed by atoms with Crippen LogP contribution < -0.4 is 0 Å². The molecule has 0 aromatic carbocycles. The van der Waals surface area contributed by atoms with Crippen LogP contribution in [0.5, 0.6) is 0 Å². The summed E-state index contributed by atoms with van der Waals surface area (Å²) in [4.78, 5) is 0. The van der Waals surface area contributed by atoms with Gasteiger partial charge in [0.2, 0.25) is 5.83 Å². The van der Waals surface area contributed by atoms with Gasteiger partial charge in [0.1, 0.15) is 6.26 Å². The van der Waals surface area contributed by atoms with Crippen molar-refractivity contribution < 1.29 is 18.3 Å². The third-order valence-electron chi connectivity index (χ3n) is 6.05. The molecule has 0 aromatic heterocycles. The third kappa shape index (κ3) is 11.2. The van der Waals surface area contributed by atoms with E-state index >= 15 is 0 Å². The van der Waals surface area contributed by atoms with E-state index in [9.17, 15) is 8.78 Å². The summed E-state index contributed by atoms with van der Waals surface area (Å²) in [6, 6.07) is 0. The average Bonchev–Trinajstić information content (AvgIpc) is 2.87. The lowest BCUT2D eigenvalue weighted by Gasteiger charge is -2.26. The Kier molecular flexibility index (Phi) is 17.6. The molecule has 0 N–H and O–H groups in total. The van der Waals surface area contributed by atoms with Crippen molar-refractivity contribution in [2.75, 3.05) is 13.2 Å². The zero-order valence-electron chi connectivity index (χ0n) is 20.9. The van der Waals surface area contributed by atoms with E-state index in [1.165, 1.54) is 6.08 Å². The molecule has 184 valence electrons. The summed E-state index contributed by atoms with van der Waals surface area (Å²) >= 11 is 0. The highest BCUT2D eigenvalue weighted by Crippen LogP contribution is 2.31. The van der Waals surface area contributed by atoms with Crippen LogP contribution in [0.15, 0.2) is 61.6 Å². The molecule has 2 aliphatic rings. The minimum Gasteiger partial charge on any atom is -0.498 e. The van der Waals surface area contributed by atoms with Gasteiger partial charge in [-0.2, -0.15) is 4.39 Å². The van der Waals surface area contributed by atoms with E-state index in [0.717, 1.165) is 57.6 Å². The highest BCUT2D eigenvalue weighted by molar-refractivity contribution is 5.26. The molecule has 0 unspecified atom stereocenters. The van der Waals surface area contributed by atoms with Gasteiger partial charge in [0.25, 0.3) is 0 Å². The summed E-state index contributed by atoms with van der Waals surface area (Å²) in [5.74, 6) is -0.388. The first-order valence-corrected chi connectivity index (χ1v) is 12.4. The number of halogens is 2. The van der Waals surface area contributed by atoms with Crippen molar-refractivity contribution in [2.24, 2.45) is 23.7 Å². The van der Waals surface area contributed by atoms with Gasteiger partial charge in [-0.05, 0) is 81.1 Å². The molecule has 0 spiro atoms. The fourth-order valence-corrected chi connectivity index (χ4v) is 4.03. The van der Waals surface area contributed by atoms with Gasteiger partial charge in [-0.15, -0.1) is 13.2 Å². The maximum absolute atomic E-state index is 14.3. The SMILES string of the molecule is C=C/C(OCC1CCC(C=C)CC1)=C(F)\C(F)=C\OCC1CCC(C=C)CC1.CC.CC. The first-order valence-electron chi connectivity index (χ1n) is 12.4. The standard InChI is InChI=1S/C24H34F2O2.2C2H6/c1-4-18-7-11-20(12-8-18)15-27-17-22(25)24(26)23(6-3)28-16-21-13-9-19(5-2)10-14-21;2*1-2/h4-6,17-21H,1-3,7-16H2;2*1-2H3/b22-17-,24-23-;;. The summed E-state index contributed by atoms with van der Waals surface area (Å²) in [5, 5.41) is 0. The molecule has 2 saturated carbocycles. The second-order valence-electron chi connectivity index (χ2n) is 8.03. The summed E-state index contributed by atoms with van der Waals surface area (Å²) < 4.78 is 39.3. The Morgan fingerprint density at radius 3 is 1.59 bits per heavy atom. The first-order chi connectivity index (χ1) is 15.6. The van der Waals surface area contributed by atoms with Crippen molar-refractivity contribution in [2.45, 2.75) is 79.1 Å². The average molecular weight is 453 g/mol. The van der Waals surface area contributed by atoms with Gasteiger partial charge >= 0.3 is 0 Å². The van der Waals surface area contributed by atoms with Crippen molar-refractivity contribution in [3.8, 4) is 0 Å². The molecular weight excluding hydrogens is 406 g/mol. The molecule has 32 heavy (non-hydrogen) atoms. The molecule has 4 heteroatoms. The number of hydrogen-bond donors (Lipinski definition) is 0. The Bertz CT molecular complexity index is 578. The fraction of sp³-hybridized carbons (Fsp3) is 0.643. The summed E-state index contributed by atoms with van der Waals surface area (Å²) in [6.07, 6.45) is 14.5. The zero-order chi connectivity index (χ0) is 24.4. The molecule has 2 aliphatic carbocycles. The summed E-state index contributed by atoms with van der Waals surface area (Å²) in [7, 11) is 0. The van der Waals surface area contributed by atoms with Gasteiger partial charge in [-0.25, -0.2) is 4.39 Å². The fourth-order valence-electron chi connectivity index (χ4n) is 4.03. The molecule has 2 rings (SSSR count). The van der Waals surface area contributed by atoms with Crippen molar-refractivity contribution >= 4 is 0 Å². The number of ether oxygens (including phenoxy) is 2. The Morgan fingerprint density at radius 2 is 1.19 bits per heavy atom. The van der Waals surface area contributed by atoms with Gasteiger partial charge in [0, 0.05) is 0 Å². The molecule has 0 aliphatic heterocycles. The normalized spacial score (nSPS) is 26.1. The lowest BCUT2D eigenvalue weighted by atomic mass is 9.82. The van der Waals surface area contributed by atoms with Crippen molar-refractivity contribution in [3.05, 3.63) is 61.6 Å². The van der Waals surface area contributed by atoms with E-state index in [2.05, 4.69) is 19.7 Å². The van der Waals surface area contributed by atoms with Crippen molar-refractivity contribution in [3.63, 3.8) is 0 Å². The summed E-state index contributed by atoms with van der Waals surface area (Å²) in [6.45, 7) is 20.0. The van der Waals surface area contributed by atoms with Crippen LogP contribution in [0.3, 0.4) is 0 Å². The highest BCUT2D eigenvalue weighted by Gasteiger charge is 2.22. The Labute approximate surface area is 196 Å². The van der Waals surface area contributed by atoms with E-state index in [4.69, 9.17) is 9.47 Å². The van der Waals surface area contributed by atoms with Crippen LogP contribution in [0, 0.1) is 23.7 Å². The predicted molar refractivity (Wildman–Crippen MR) is 133 cm³/mol. The van der Waals surface area contributed by atoms with E-state index < -0.39 is 11.7 Å². The lowest BCUT2D eigenvalue weighted by Crippen LogP contribution is -2.17. The second kappa shape index (κ2) is 18.7. The number of hydrogen-bond acceptors (Lipinski definition) is 2. The maximum Gasteiger partial charge on any atom is 0.203 e. The van der Waals surface area contributed by atoms with E-state index in [1.54, 1.807) is 0 Å². The predicted octanol–water partition coefficient (Wildman–Crippen LogP) is 9.23. The van der Waals surface area contributed by atoms with E-state index in [1.807, 2.05) is 39.8 Å². The first kappa shape index (κ1) is 30.2. The van der Waals surface area contributed by atoms with Crippen molar-refractivity contribution in [1.29, 1.82) is 0 Å². The minimum atomic E-state index is -1.05. The van der Waals surface area contributed by atoms with Gasteiger partial charge < -0.3 is 9.47 Å². The molecule has 0 aromatic rings. The maximum atomic E-state index is 14.3. The molecule has 2 nitrogen and oxygen atoms in total. The van der Waals surface area contributed by atoms with Crippen LogP contribution >= 0.6 is 0 Å². The molecule has 2 fully saturated rings. The van der Waals surface area contributed by atoms with Crippen LogP contribution in [0.2, 0.25) is 0 Å². The highest BCUT2D eigenvalue weighted by atomic mass is 19.2. The largest absolute Gasteiger partial charge is 0.498 e. The van der Waals surface area contributed by atoms with Gasteiger partial charge in [-0.1, -0.05) is 46.4 Å². The Hall–Kier alpha value is -1.84. The second-order valence-corrected chi connectivity index (χ2v) is 8.03.